The van der Waals surface area contributed by atoms with Crippen molar-refractivity contribution in [3.05, 3.63) is 41.6 Å². The molecule has 0 saturated carbocycles. The minimum absolute atomic E-state index is 0.154. The minimum Gasteiger partial charge on any atom is -0.492 e. The van der Waals surface area contributed by atoms with Crippen LogP contribution in [-0.2, 0) is 20.5 Å². The Morgan fingerprint density at radius 3 is 2.63 bits per heavy atom. The van der Waals surface area contributed by atoms with Crippen LogP contribution in [0.2, 0.25) is 0 Å². The molecule has 2 aromatic heterocycles. The minimum atomic E-state index is -1.28. The molecule has 1 aliphatic rings. The molecule has 0 spiro atoms. The zero-order valence-electron chi connectivity index (χ0n) is 18.0. The highest BCUT2D eigenvalue weighted by atomic mass is 32.2. The molecule has 0 amide bonds. The van der Waals surface area contributed by atoms with Gasteiger partial charge >= 0.3 is 0 Å². The second-order valence-electron chi connectivity index (χ2n) is 8.09. The normalized spacial score (nSPS) is 17.9. The van der Waals surface area contributed by atoms with E-state index < -0.39 is 16.8 Å². The second kappa shape index (κ2) is 8.09. The lowest BCUT2D eigenvalue weighted by Gasteiger charge is -2.34. The average molecular weight is 430 g/mol. The first kappa shape index (κ1) is 21.0. The second-order valence-corrected chi connectivity index (χ2v) is 9.30. The molecule has 3 aromatic rings. The lowest BCUT2D eigenvalue weighted by Crippen LogP contribution is -2.41. The van der Waals surface area contributed by atoms with Crippen LogP contribution in [0, 0.1) is 19.8 Å². The van der Waals surface area contributed by atoms with Crippen LogP contribution >= 0.6 is 0 Å². The summed E-state index contributed by atoms with van der Waals surface area (Å²) in [6.45, 7) is 9.42. The first-order valence-corrected chi connectivity index (χ1v) is 11.5. The fraction of sp³-hybridized carbons (Fsp3) is 0.455. The number of imidazole rings is 1. The molecule has 0 unspecified atom stereocenters. The summed E-state index contributed by atoms with van der Waals surface area (Å²) in [4.78, 5) is 9.33. The van der Waals surface area contributed by atoms with Crippen molar-refractivity contribution in [2.75, 3.05) is 26.1 Å². The Kier molecular flexibility index (Phi) is 5.65. The number of aryl methyl sites for hydroxylation is 1. The van der Waals surface area contributed by atoms with Gasteiger partial charge in [0.2, 0.25) is 0 Å². The van der Waals surface area contributed by atoms with E-state index in [1.807, 2.05) is 52.0 Å². The van der Waals surface area contributed by atoms with Crippen LogP contribution in [0.5, 0.6) is 5.75 Å². The summed E-state index contributed by atoms with van der Waals surface area (Å²) >= 11 is 0. The van der Waals surface area contributed by atoms with E-state index in [4.69, 9.17) is 19.2 Å². The van der Waals surface area contributed by atoms with E-state index in [2.05, 4.69) is 4.98 Å². The van der Waals surface area contributed by atoms with Crippen molar-refractivity contribution in [3.8, 4) is 17.3 Å². The zero-order valence-corrected chi connectivity index (χ0v) is 18.8. The predicted molar refractivity (Wildman–Crippen MR) is 117 cm³/mol. The Morgan fingerprint density at radius 1 is 1.23 bits per heavy atom. The fourth-order valence-electron chi connectivity index (χ4n) is 3.61. The molecule has 0 radical (unpaired) electrons. The lowest BCUT2D eigenvalue weighted by atomic mass is 10.1. The third-order valence-corrected chi connectivity index (χ3v) is 6.11. The molecule has 0 bridgehead atoms. The van der Waals surface area contributed by atoms with Crippen LogP contribution in [-0.4, -0.2) is 50.0 Å². The topological polar surface area (TPSA) is 75.5 Å². The third-order valence-electron chi connectivity index (χ3n) is 5.23. The highest BCUT2D eigenvalue weighted by Gasteiger charge is 2.29. The van der Waals surface area contributed by atoms with E-state index in [1.54, 1.807) is 16.4 Å². The van der Waals surface area contributed by atoms with Gasteiger partial charge in [-0.2, -0.15) is 0 Å². The molecule has 0 N–H and O–H groups in total. The van der Waals surface area contributed by atoms with Crippen molar-refractivity contribution in [3.63, 3.8) is 0 Å². The Balaban J connectivity index is 1.66. The number of pyridine rings is 1. The van der Waals surface area contributed by atoms with Crippen LogP contribution in [0.4, 0.5) is 0 Å². The number of hydrogen-bond donors (Lipinski definition) is 0. The summed E-state index contributed by atoms with van der Waals surface area (Å²) in [6, 6.07) is 7.66. The van der Waals surface area contributed by atoms with Gasteiger partial charge in [0.15, 0.2) is 11.6 Å². The number of benzene rings is 1. The average Bonchev–Trinajstić information content (AvgIpc) is 3.08. The number of para-hydroxylation sites is 2. The molecule has 1 aliphatic heterocycles. The maximum absolute atomic E-state index is 12.5. The smallest absolute Gasteiger partial charge is 0.172 e. The third kappa shape index (κ3) is 3.99. The Labute approximate surface area is 179 Å². The largest absolute Gasteiger partial charge is 0.492 e. The monoisotopic (exact) mass is 429 g/mol. The van der Waals surface area contributed by atoms with Gasteiger partial charge in [0, 0.05) is 29.5 Å². The van der Waals surface area contributed by atoms with E-state index in [9.17, 15) is 4.21 Å². The highest BCUT2D eigenvalue weighted by Crippen LogP contribution is 2.33. The summed E-state index contributed by atoms with van der Waals surface area (Å²) in [6.07, 6.45) is 3.42. The zero-order chi connectivity index (χ0) is 21.5. The quantitative estimate of drug-likeness (QED) is 0.616. The van der Waals surface area contributed by atoms with Gasteiger partial charge in [0.25, 0.3) is 0 Å². The maximum atomic E-state index is 12.5. The van der Waals surface area contributed by atoms with Crippen molar-refractivity contribution in [2.24, 2.45) is 5.92 Å². The first-order valence-electron chi connectivity index (χ1n) is 9.95. The molecule has 8 heteroatoms. The van der Waals surface area contributed by atoms with E-state index in [1.165, 1.54) is 0 Å². The molecule has 160 valence electrons. The highest BCUT2D eigenvalue weighted by molar-refractivity contribution is 7.83. The number of aromatic nitrogens is 3. The number of rotatable bonds is 5. The first-order chi connectivity index (χ1) is 14.3. The molecule has 1 atom stereocenters. The van der Waals surface area contributed by atoms with Crippen LogP contribution in [0.15, 0.2) is 30.5 Å². The Morgan fingerprint density at radius 2 is 1.93 bits per heavy atom. The van der Waals surface area contributed by atoms with Crippen LogP contribution in [0.1, 0.15) is 25.0 Å². The maximum Gasteiger partial charge on any atom is 0.172 e. The van der Waals surface area contributed by atoms with Gasteiger partial charge in [-0.1, -0.05) is 12.1 Å². The molecule has 0 aliphatic carbocycles. The molecule has 1 fully saturated rings. The molecule has 4 rings (SSSR count). The van der Waals surface area contributed by atoms with E-state index in [-0.39, 0.29) is 5.92 Å². The van der Waals surface area contributed by atoms with Crippen molar-refractivity contribution in [1.29, 1.82) is 0 Å². The molecule has 1 saturated heterocycles. The summed E-state index contributed by atoms with van der Waals surface area (Å²) in [5.41, 5.74) is 4.08. The van der Waals surface area contributed by atoms with Gasteiger partial charge in [-0.3, -0.25) is 4.98 Å². The standard InChI is InChI=1S/C22H27N3O4S/c1-14-10-23-19(21-24-17-8-6-7-9-18(17)25(21)30(5)26)15(2)20(14)27-11-16-12-28-22(3,4)29-13-16/h6-10,16H,11-13H2,1-5H3/t30-/m1/s1. The van der Waals surface area contributed by atoms with E-state index in [0.717, 1.165) is 27.9 Å². The van der Waals surface area contributed by atoms with Crippen molar-refractivity contribution in [1.82, 2.24) is 13.9 Å². The molecule has 3 heterocycles. The molecule has 30 heavy (non-hydrogen) atoms. The summed E-state index contributed by atoms with van der Waals surface area (Å²) < 4.78 is 31.9. The summed E-state index contributed by atoms with van der Waals surface area (Å²) in [7, 11) is -1.28. The van der Waals surface area contributed by atoms with Crippen molar-refractivity contribution >= 4 is 22.0 Å². The predicted octanol–water partition coefficient (Wildman–Crippen LogP) is 3.63. The Hall–Kier alpha value is -2.29. The Bertz CT molecular complexity index is 1100. The lowest BCUT2D eigenvalue weighted by molar-refractivity contribution is -0.264. The van der Waals surface area contributed by atoms with E-state index in [0.29, 0.717) is 31.3 Å². The molecular weight excluding hydrogens is 402 g/mol. The van der Waals surface area contributed by atoms with Gasteiger partial charge < -0.3 is 14.2 Å². The van der Waals surface area contributed by atoms with Crippen molar-refractivity contribution < 1.29 is 18.4 Å². The van der Waals surface area contributed by atoms with Gasteiger partial charge in [-0.05, 0) is 39.8 Å². The van der Waals surface area contributed by atoms with Gasteiger partial charge in [-0.25, -0.2) is 13.2 Å². The SMILES string of the molecule is Cc1cnc(-c2nc3ccccc3n2[S@@](C)=O)c(C)c1OCC1COC(C)(C)OC1. The van der Waals surface area contributed by atoms with Crippen LogP contribution in [0.25, 0.3) is 22.6 Å². The summed E-state index contributed by atoms with van der Waals surface area (Å²) in [5, 5.41) is 0. The number of fused-ring (bicyclic) bond motifs is 1. The van der Waals surface area contributed by atoms with Gasteiger partial charge in [0.05, 0.1) is 30.9 Å². The van der Waals surface area contributed by atoms with Crippen molar-refractivity contribution in [2.45, 2.75) is 33.5 Å². The molecule has 7 nitrogen and oxygen atoms in total. The number of hydrogen-bond acceptors (Lipinski definition) is 6. The number of ether oxygens (including phenoxy) is 3. The van der Waals surface area contributed by atoms with Gasteiger partial charge in [-0.15, -0.1) is 0 Å². The molecule has 1 aromatic carbocycles. The van der Waals surface area contributed by atoms with Gasteiger partial charge in [0.1, 0.15) is 22.4 Å². The molecular formula is C22H27N3O4S. The van der Waals surface area contributed by atoms with Crippen LogP contribution < -0.4 is 4.74 Å². The number of nitrogens with zero attached hydrogens (tertiary/aromatic N) is 3. The van der Waals surface area contributed by atoms with Crippen LogP contribution in [0.3, 0.4) is 0 Å². The van der Waals surface area contributed by atoms with E-state index >= 15 is 0 Å². The fourth-order valence-corrected chi connectivity index (χ4v) is 4.41. The summed E-state index contributed by atoms with van der Waals surface area (Å²) in [5.74, 6) is 0.957.